The first kappa shape index (κ1) is 17.3. The molecule has 0 atom stereocenters. The van der Waals surface area contributed by atoms with Crippen LogP contribution in [0.5, 0.6) is 0 Å². The Morgan fingerprint density at radius 2 is 1.56 bits per heavy atom. The van der Waals surface area contributed by atoms with Crippen LogP contribution in [0.3, 0.4) is 0 Å². The van der Waals surface area contributed by atoms with E-state index in [0.717, 1.165) is 11.1 Å². The Balaban J connectivity index is 2.02. The van der Waals surface area contributed by atoms with E-state index < -0.39 is 5.54 Å². The zero-order chi connectivity index (χ0) is 18.2. The maximum absolute atomic E-state index is 13.3. The number of benzene rings is 2. The zero-order valence-electron chi connectivity index (χ0n) is 15.6. The Morgan fingerprint density at radius 3 is 2.16 bits per heavy atom. The van der Waals surface area contributed by atoms with Gasteiger partial charge in [-0.1, -0.05) is 59.7 Å². The molecule has 0 fully saturated rings. The van der Waals surface area contributed by atoms with E-state index in [4.69, 9.17) is 4.74 Å². The number of amides is 1. The number of carbonyl (C=O) groups excluding carboxylic acids is 1. The van der Waals surface area contributed by atoms with E-state index in [2.05, 4.69) is 45.9 Å². The second kappa shape index (κ2) is 6.40. The van der Waals surface area contributed by atoms with E-state index in [1.807, 2.05) is 42.2 Å². The quantitative estimate of drug-likeness (QED) is 0.807. The molecular formula is C22H25NO2. The van der Waals surface area contributed by atoms with Crippen LogP contribution in [0.4, 0.5) is 0 Å². The molecule has 0 radical (unpaired) electrons. The summed E-state index contributed by atoms with van der Waals surface area (Å²) in [5, 5.41) is 0. The van der Waals surface area contributed by atoms with E-state index >= 15 is 0 Å². The number of hydrogen-bond acceptors (Lipinski definition) is 2. The molecule has 1 aliphatic rings. The van der Waals surface area contributed by atoms with Crippen LogP contribution in [0, 0.1) is 13.8 Å². The van der Waals surface area contributed by atoms with Crippen LogP contribution in [-0.4, -0.2) is 17.5 Å². The molecule has 0 N–H and O–H groups in total. The molecule has 0 aliphatic carbocycles. The van der Waals surface area contributed by atoms with E-state index in [0.29, 0.717) is 11.3 Å². The molecule has 3 nitrogen and oxygen atoms in total. The molecule has 2 aromatic rings. The van der Waals surface area contributed by atoms with Gasteiger partial charge in [0.05, 0.1) is 11.1 Å². The summed E-state index contributed by atoms with van der Waals surface area (Å²) in [7, 11) is 0. The predicted molar refractivity (Wildman–Crippen MR) is 101 cm³/mol. The van der Waals surface area contributed by atoms with Crippen molar-refractivity contribution in [2.24, 2.45) is 0 Å². The summed E-state index contributed by atoms with van der Waals surface area (Å²) in [5.74, 6) is 0.697. The summed E-state index contributed by atoms with van der Waals surface area (Å²) >= 11 is 0. The van der Waals surface area contributed by atoms with Crippen molar-refractivity contribution >= 4 is 11.5 Å². The Morgan fingerprint density at radius 1 is 0.960 bits per heavy atom. The first-order chi connectivity index (χ1) is 11.8. The van der Waals surface area contributed by atoms with Crippen molar-refractivity contribution in [1.29, 1.82) is 0 Å². The minimum atomic E-state index is -0.464. The standard InChI is InChI=1S/C22H25NO2/c1-15-11-16(2)13-19(12-15)22(4,5)23-14-25-17(3)20(21(23)24)18-9-7-6-8-10-18/h6-13H,14H2,1-5H3. The maximum Gasteiger partial charge on any atom is 0.261 e. The van der Waals surface area contributed by atoms with Crippen molar-refractivity contribution in [2.45, 2.75) is 40.2 Å². The lowest BCUT2D eigenvalue weighted by Crippen LogP contribution is -2.49. The lowest BCUT2D eigenvalue weighted by Gasteiger charge is -2.42. The summed E-state index contributed by atoms with van der Waals surface area (Å²) in [6, 6.07) is 16.2. The second-order valence-electron chi connectivity index (χ2n) is 7.24. The molecule has 130 valence electrons. The first-order valence-corrected chi connectivity index (χ1v) is 8.60. The number of carbonyl (C=O) groups is 1. The lowest BCUT2D eigenvalue weighted by molar-refractivity contribution is -0.139. The molecule has 0 saturated heterocycles. The molecule has 2 aromatic carbocycles. The molecule has 0 aromatic heterocycles. The van der Waals surface area contributed by atoms with Crippen LogP contribution in [0.25, 0.3) is 5.57 Å². The van der Waals surface area contributed by atoms with Gasteiger partial charge in [0.15, 0.2) is 6.73 Å². The molecule has 25 heavy (non-hydrogen) atoms. The van der Waals surface area contributed by atoms with Crippen LogP contribution in [0.1, 0.15) is 43.0 Å². The average molecular weight is 335 g/mol. The number of rotatable bonds is 3. The van der Waals surface area contributed by atoms with Crippen LogP contribution in [0.15, 0.2) is 54.3 Å². The Kier molecular flexibility index (Phi) is 4.42. The van der Waals surface area contributed by atoms with Crippen molar-refractivity contribution < 1.29 is 9.53 Å². The topological polar surface area (TPSA) is 29.5 Å². The summed E-state index contributed by atoms with van der Waals surface area (Å²) < 4.78 is 5.88. The number of ether oxygens (including phenoxy) is 1. The summed E-state index contributed by atoms with van der Waals surface area (Å²) in [4.78, 5) is 15.1. The minimum absolute atomic E-state index is 0.0131. The van der Waals surface area contributed by atoms with Gasteiger partial charge >= 0.3 is 0 Å². The summed E-state index contributed by atoms with van der Waals surface area (Å²) in [6.07, 6.45) is 0. The highest BCUT2D eigenvalue weighted by molar-refractivity contribution is 6.20. The fraction of sp³-hybridized carbons (Fsp3) is 0.318. The van der Waals surface area contributed by atoms with Gasteiger partial charge in [-0.2, -0.15) is 0 Å². The third kappa shape index (κ3) is 3.19. The van der Waals surface area contributed by atoms with Gasteiger partial charge < -0.3 is 4.74 Å². The third-order valence-corrected chi connectivity index (χ3v) is 4.89. The largest absolute Gasteiger partial charge is 0.477 e. The van der Waals surface area contributed by atoms with Crippen molar-refractivity contribution in [1.82, 2.24) is 4.90 Å². The molecule has 0 unspecified atom stereocenters. The average Bonchev–Trinajstić information content (AvgIpc) is 2.54. The van der Waals surface area contributed by atoms with Crippen LogP contribution in [-0.2, 0) is 15.1 Å². The van der Waals surface area contributed by atoms with Gasteiger partial charge in [0, 0.05) is 0 Å². The van der Waals surface area contributed by atoms with Gasteiger partial charge in [0.25, 0.3) is 5.91 Å². The molecule has 1 heterocycles. The Hall–Kier alpha value is -2.55. The van der Waals surface area contributed by atoms with Gasteiger partial charge in [-0.3, -0.25) is 9.69 Å². The first-order valence-electron chi connectivity index (χ1n) is 8.60. The van der Waals surface area contributed by atoms with Gasteiger partial charge in [0.2, 0.25) is 0 Å². The Bertz CT molecular complexity index is 814. The van der Waals surface area contributed by atoms with Crippen LogP contribution >= 0.6 is 0 Å². The van der Waals surface area contributed by atoms with Gasteiger partial charge in [-0.25, -0.2) is 0 Å². The zero-order valence-corrected chi connectivity index (χ0v) is 15.6. The molecule has 3 rings (SSSR count). The highest BCUT2D eigenvalue weighted by Gasteiger charge is 2.38. The monoisotopic (exact) mass is 335 g/mol. The van der Waals surface area contributed by atoms with E-state index in [1.54, 1.807) is 0 Å². The van der Waals surface area contributed by atoms with Gasteiger partial charge in [-0.15, -0.1) is 0 Å². The van der Waals surface area contributed by atoms with Crippen molar-refractivity contribution in [3.05, 3.63) is 76.5 Å². The van der Waals surface area contributed by atoms with E-state index in [-0.39, 0.29) is 12.6 Å². The summed E-state index contributed by atoms with van der Waals surface area (Å²) in [5.41, 5.74) is 4.59. The predicted octanol–water partition coefficient (Wildman–Crippen LogP) is 4.79. The number of hydrogen-bond donors (Lipinski definition) is 0. The highest BCUT2D eigenvalue weighted by Crippen LogP contribution is 2.35. The van der Waals surface area contributed by atoms with Gasteiger partial charge in [0.1, 0.15) is 5.76 Å². The fourth-order valence-corrected chi connectivity index (χ4v) is 3.41. The molecular weight excluding hydrogens is 310 g/mol. The molecule has 0 spiro atoms. The lowest BCUT2D eigenvalue weighted by atomic mass is 9.88. The van der Waals surface area contributed by atoms with Crippen molar-refractivity contribution in [2.75, 3.05) is 6.73 Å². The molecule has 1 aliphatic heterocycles. The number of aryl methyl sites for hydroxylation is 2. The second-order valence-corrected chi connectivity index (χ2v) is 7.24. The highest BCUT2D eigenvalue weighted by atomic mass is 16.5. The van der Waals surface area contributed by atoms with Crippen molar-refractivity contribution in [3.63, 3.8) is 0 Å². The molecule has 3 heteroatoms. The van der Waals surface area contributed by atoms with E-state index in [1.165, 1.54) is 11.1 Å². The van der Waals surface area contributed by atoms with Crippen LogP contribution in [0.2, 0.25) is 0 Å². The SMILES string of the molecule is CC1=C(c2ccccc2)C(=O)N(C(C)(C)c2cc(C)cc(C)c2)CO1. The smallest absolute Gasteiger partial charge is 0.261 e. The third-order valence-electron chi connectivity index (χ3n) is 4.89. The maximum atomic E-state index is 13.3. The number of allylic oxidation sites excluding steroid dienone is 1. The Labute approximate surface area is 149 Å². The molecule has 0 saturated carbocycles. The number of nitrogens with zero attached hydrogens (tertiary/aromatic N) is 1. The van der Waals surface area contributed by atoms with Crippen molar-refractivity contribution in [3.8, 4) is 0 Å². The normalized spacial score (nSPS) is 15.4. The van der Waals surface area contributed by atoms with E-state index in [9.17, 15) is 4.79 Å². The summed E-state index contributed by atoms with van der Waals surface area (Å²) in [6.45, 7) is 10.4. The van der Waals surface area contributed by atoms with Gasteiger partial charge in [-0.05, 0) is 45.7 Å². The molecule has 0 bridgehead atoms. The molecule has 1 amide bonds. The minimum Gasteiger partial charge on any atom is -0.477 e. The van der Waals surface area contributed by atoms with Crippen LogP contribution < -0.4 is 0 Å². The fourth-order valence-electron chi connectivity index (χ4n) is 3.41.